The Kier molecular flexibility index (Phi) is 5.74. The summed E-state index contributed by atoms with van der Waals surface area (Å²) in [6, 6.07) is 8.53. The number of thioether (sulfide) groups is 1. The second kappa shape index (κ2) is 6.36. The summed E-state index contributed by atoms with van der Waals surface area (Å²) in [6.07, 6.45) is 1.03. The largest absolute Gasteiger partial charge is 0.119 e. The molecule has 0 unspecified atom stereocenters. The van der Waals surface area contributed by atoms with E-state index in [-0.39, 0.29) is 5.41 Å². The van der Waals surface area contributed by atoms with Crippen LogP contribution < -0.4 is 0 Å². The highest BCUT2D eigenvalue weighted by Crippen LogP contribution is 2.31. The van der Waals surface area contributed by atoms with E-state index in [0.29, 0.717) is 0 Å². The van der Waals surface area contributed by atoms with Crippen LogP contribution in [0.4, 0.5) is 0 Å². The molecule has 0 aliphatic rings. The highest BCUT2D eigenvalue weighted by Gasteiger charge is 2.24. The van der Waals surface area contributed by atoms with Crippen molar-refractivity contribution >= 4 is 50.8 Å². The van der Waals surface area contributed by atoms with E-state index in [1.807, 2.05) is 0 Å². The van der Waals surface area contributed by atoms with Crippen LogP contribution in [0.15, 0.2) is 24.3 Å². The molecule has 0 radical (unpaired) electrons. The van der Waals surface area contributed by atoms with Crippen LogP contribution in [0.25, 0.3) is 0 Å². The predicted octanol–water partition coefficient (Wildman–Crippen LogP) is 4.94. The standard InChI is InChI=1S/C13H17IS2/c1-4-16-12(15)13(2,3)9-10-7-5-6-8-11(10)14/h5-8H,4,9H2,1-3H3. The molecule has 16 heavy (non-hydrogen) atoms. The first kappa shape index (κ1) is 14.5. The lowest BCUT2D eigenvalue weighted by Gasteiger charge is -2.25. The number of thiocarbonyl (C=S) groups is 1. The van der Waals surface area contributed by atoms with E-state index < -0.39 is 0 Å². The van der Waals surface area contributed by atoms with Crippen molar-refractivity contribution in [3.8, 4) is 0 Å². The highest BCUT2D eigenvalue weighted by molar-refractivity contribution is 14.1. The van der Waals surface area contributed by atoms with Gasteiger partial charge < -0.3 is 0 Å². The van der Waals surface area contributed by atoms with E-state index in [0.717, 1.165) is 16.4 Å². The van der Waals surface area contributed by atoms with Crippen molar-refractivity contribution < 1.29 is 0 Å². The number of halogens is 1. The Labute approximate surface area is 122 Å². The first-order valence-corrected chi connectivity index (χ1v) is 7.85. The van der Waals surface area contributed by atoms with Crippen molar-refractivity contribution in [1.82, 2.24) is 0 Å². The Bertz CT molecular complexity index is 372. The first-order valence-electron chi connectivity index (χ1n) is 5.38. The average Bonchev–Trinajstić information content (AvgIpc) is 2.21. The van der Waals surface area contributed by atoms with Gasteiger partial charge in [-0.3, -0.25) is 0 Å². The van der Waals surface area contributed by atoms with E-state index >= 15 is 0 Å². The lowest BCUT2D eigenvalue weighted by atomic mass is 9.88. The van der Waals surface area contributed by atoms with Crippen LogP contribution in [0.5, 0.6) is 0 Å². The van der Waals surface area contributed by atoms with Crippen molar-refractivity contribution in [2.75, 3.05) is 5.75 Å². The maximum absolute atomic E-state index is 5.49. The van der Waals surface area contributed by atoms with E-state index in [2.05, 4.69) is 67.6 Å². The van der Waals surface area contributed by atoms with Gasteiger partial charge in [-0.05, 0) is 46.4 Å². The van der Waals surface area contributed by atoms with Crippen LogP contribution in [0.2, 0.25) is 0 Å². The zero-order valence-corrected chi connectivity index (χ0v) is 13.7. The summed E-state index contributed by atoms with van der Waals surface area (Å²) in [4.78, 5) is 0. The van der Waals surface area contributed by atoms with Crippen molar-refractivity contribution in [1.29, 1.82) is 0 Å². The molecule has 88 valence electrons. The SMILES string of the molecule is CCSC(=S)C(C)(C)Cc1ccccc1I. The van der Waals surface area contributed by atoms with Gasteiger partial charge in [-0.25, -0.2) is 0 Å². The van der Waals surface area contributed by atoms with Gasteiger partial charge in [-0.15, -0.1) is 11.8 Å². The molecule has 0 heterocycles. The molecule has 0 aliphatic heterocycles. The molecule has 0 fully saturated rings. The lowest BCUT2D eigenvalue weighted by molar-refractivity contribution is 0.534. The third-order valence-corrected chi connectivity index (χ3v) is 5.48. The van der Waals surface area contributed by atoms with E-state index in [9.17, 15) is 0 Å². The molecule has 1 aromatic rings. The molecule has 0 bridgehead atoms. The molecule has 1 rings (SSSR count). The fourth-order valence-corrected chi connectivity index (χ4v) is 3.25. The maximum atomic E-state index is 5.49. The summed E-state index contributed by atoms with van der Waals surface area (Å²) in [5.74, 6) is 1.06. The molecule has 0 N–H and O–H groups in total. The Morgan fingerprint density at radius 2 is 2.00 bits per heavy atom. The minimum Gasteiger partial charge on any atom is -0.119 e. The molecule has 0 saturated heterocycles. The van der Waals surface area contributed by atoms with E-state index in [1.54, 1.807) is 11.8 Å². The molecule has 0 aromatic heterocycles. The number of benzene rings is 1. The summed E-state index contributed by atoms with van der Waals surface area (Å²) in [5.41, 5.74) is 1.49. The van der Waals surface area contributed by atoms with Gasteiger partial charge in [-0.2, -0.15) is 0 Å². The molecule has 0 spiro atoms. The highest BCUT2D eigenvalue weighted by atomic mass is 127. The Morgan fingerprint density at radius 3 is 2.56 bits per heavy atom. The smallest absolute Gasteiger partial charge is 0.0538 e. The van der Waals surface area contributed by atoms with Crippen LogP contribution in [-0.2, 0) is 6.42 Å². The van der Waals surface area contributed by atoms with Gasteiger partial charge >= 0.3 is 0 Å². The second-order valence-corrected chi connectivity index (χ2v) is 7.48. The van der Waals surface area contributed by atoms with Gasteiger partial charge in [0, 0.05) is 8.99 Å². The Hall–Kier alpha value is 0.390. The molecule has 0 saturated carbocycles. The molecular weight excluding hydrogens is 347 g/mol. The van der Waals surface area contributed by atoms with Gasteiger partial charge in [0.15, 0.2) is 0 Å². The molecule has 0 amide bonds. The molecule has 0 nitrogen and oxygen atoms in total. The zero-order valence-electron chi connectivity index (χ0n) is 9.92. The minimum absolute atomic E-state index is 0.0945. The number of hydrogen-bond acceptors (Lipinski definition) is 2. The van der Waals surface area contributed by atoms with Gasteiger partial charge in [-0.1, -0.05) is 51.2 Å². The third kappa shape index (κ3) is 4.00. The van der Waals surface area contributed by atoms with E-state index in [1.165, 1.54) is 9.13 Å². The third-order valence-electron chi connectivity index (χ3n) is 2.42. The molecular formula is C13H17IS2. The Balaban J connectivity index is 2.80. The summed E-state index contributed by atoms with van der Waals surface area (Å²) in [6.45, 7) is 6.63. The normalized spacial score (nSPS) is 11.5. The lowest BCUT2D eigenvalue weighted by Crippen LogP contribution is -2.23. The molecule has 0 aliphatic carbocycles. The summed E-state index contributed by atoms with van der Waals surface area (Å²) < 4.78 is 2.45. The van der Waals surface area contributed by atoms with Gasteiger partial charge in [0.1, 0.15) is 0 Å². The average molecular weight is 364 g/mol. The molecule has 3 heteroatoms. The van der Waals surface area contributed by atoms with Gasteiger partial charge in [0.25, 0.3) is 0 Å². The quantitative estimate of drug-likeness (QED) is 0.548. The summed E-state index contributed by atoms with van der Waals surface area (Å²) in [5, 5.41) is 0. The van der Waals surface area contributed by atoms with Crippen LogP contribution in [-0.4, -0.2) is 9.95 Å². The topological polar surface area (TPSA) is 0 Å². The van der Waals surface area contributed by atoms with Crippen LogP contribution in [0.3, 0.4) is 0 Å². The predicted molar refractivity (Wildman–Crippen MR) is 87.4 cm³/mol. The monoisotopic (exact) mass is 364 g/mol. The van der Waals surface area contributed by atoms with Crippen LogP contribution in [0, 0.1) is 8.99 Å². The van der Waals surface area contributed by atoms with Crippen molar-refractivity contribution in [3.63, 3.8) is 0 Å². The minimum atomic E-state index is 0.0945. The zero-order chi connectivity index (χ0) is 12.2. The number of hydrogen-bond donors (Lipinski definition) is 0. The van der Waals surface area contributed by atoms with Gasteiger partial charge in [0.05, 0.1) is 4.20 Å². The molecule has 0 atom stereocenters. The second-order valence-electron chi connectivity index (χ2n) is 4.37. The van der Waals surface area contributed by atoms with Crippen molar-refractivity contribution in [3.05, 3.63) is 33.4 Å². The van der Waals surface area contributed by atoms with Crippen molar-refractivity contribution in [2.45, 2.75) is 27.2 Å². The summed E-state index contributed by atoms with van der Waals surface area (Å²) >= 11 is 9.68. The van der Waals surface area contributed by atoms with Crippen LogP contribution in [0.1, 0.15) is 26.3 Å². The maximum Gasteiger partial charge on any atom is 0.0538 e. The fourth-order valence-electron chi connectivity index (χ4n) is 1.52. The van der Waals surface area contributed by atoms with Crippen LogP contribution >= 0.6 is 46.6 Å². The molecule has 1 aromatic carbocycles. The first-order chi connectivity index (χ1) is 7.47. The van der Waals surface area contributed by atoms with Gasteiger partial charge in [0.2, 0.25) is 0 Å². The number of rotatable bonds is 4. The van der Waals surface area contributed by atoms with E-state index in [4.69, 9.17) is 12.2 Å². The Morgan fingerprint density at radius 1 is 1.38 bits per heavy atom. The fraction of sp³-hybridized carbons (Fsp3) is 0.462. The summed E-state index contributed by atoms with van der Waals surface area (Å²) in [7, 11) is 0. The van der Waals surface area contributed by atoms with Crippen molar-refractivity contribution in [2.24, 2.45) is 5.41 Å².